The number of aromatic nitrogens is 2. The summed E-state index contributed by atoms with van der Waals surface area (Å²) in [5.74, 6) is -0.963. The predicted octanol–water partition coefficient (Wildman–Crippen LogP) is 0.178. The summed E-state index contributed by atoms with van der Waals surface area (Å²) < 4.78 is 0. The molecule has 0 aliphatic heterocycles. The molecule has 5 nitrogen and oxygen atoms in total. The zero-order valence-corrected chi connectivity index (χ0v) is 7.48. The zero-order valence-electron chi connectivity index (χ0n) is 7.48. The van der Waals surface area contributed by atoms with Gasteiger partial charge in [-0.3, -0.25) is 4.79 Å². The van der Waals surface area contributed by atoms with Gasteiger partial charge in [0.05, 0.1) is 0 Å². The van der Waals surface area contributed by atoms with E-state index in [1.54, 1.807) is 19.9 Å². The molecule has 1 atom stereocenters. The average Bonchev–Trinajstić information content (AvgIpc) is 2.01. The first-order valence-electron chi connectivity index (χ1n) is 3.81. The normalized spacial score (nSPS) is 12.5. The minimum absolute atomic E-state index is 0.157. The first-order valence-corrected chi connectivity index (χ1v) is 3.81. The maximum absolute atomic E-state index is 10.5. The summed E-state index contributed by atoms with van der Waals surface area (Å²) in [6.07, 6.45) is 0. The van der Waals surface area contributed by atoms with Gasteiger partial charge in [0, 0.05) is 11.4 Å². The van der Waals surface area contributed by atoms with Gasteiger partial charge in [-0.1, -0.05) is 0 Å². The Balaban J connectivity index is 3.07. The lowest BCUT2D eigenvalue weighted by Gasteiger charge is -2.06. The molecular formula is C8H11N3O2. The van der Waals surface area contributed by atoms with E-state index in [0.717, 1.165) is 11.4 Å². The molecule has 1 aromatic rings. The van der Waals surface area contributed by atoms with Crippen molar-refractivity contribution in [2.24, 2.45) is 5.73 Å². The van der Waals surface area contributed by atoms with Crippen LogP contribution in [-0.2, 0) is 4.79 Å². The summed E-state index contributed by atoms with van der Waals surface area (Å²) in [7, 11) is 0. The largest absolute Gasteiger partial charge is 0.480 e. The van der Waals surface area contributed by atoms with E-state index in [-0.39, 0.29) is 5.82 Å². The molecule has 0 saturated carbocycles. The summed E-state index contributed by atoms with van der Waals surface area (Å²) in [6.45, 7) is 3.54. The molecule has 0 amide bonds. The Morgan fingerprint density at radius 3 is 2.31 bits per heavy atom. The second kappa shape index (κ2) is 3.49. The number of rotatable bonds is 2. The minimum atomic E-state index is -1.14. The van der Waals surface area contributed by atoms with E-state index in [4.69, 9.17) is 10.8 Å². The molecule has 0 bridgehead atoms. The third-order valence-corrected chi connectivity index (χ3v) is 1.54. The van der Waals surface area contributed by atoms with Crippen LogP contribution in [0.2, 0.25) is 0 Å². The summed E-state index contributed by atoms with van der Waals surface area (Å²) in [4.78, 5) is 18.4. The van der Waals surface area contributed by atoms with Crippen molar-refractivity contribution < 1.29 is 9.90 Å². The molecule has 0 aliphatic carbocycles. The van der Waals surface area contributed by atoms with E-state index in [1.807, 2.05) is 0 Å². The number of carboxylic acids is 1. The maximum Gasteiger partial charge on any atom is 0.328 e. The van der Waals surface area contributed by atoms with E-state index >= 15 is 0 Å². The maximum atomic E-state index is 10.5. The van der Waals surface area contributed by atoms with Gasteiger partial charge in [0.25, 0.3) is 0 Å². The van der Waals surface area contributed by atoms with Gasteiger partial charge in [-0.15, -0.1) is 0 Å². The number of hydrogen-bond acceptors (Lipinski definition) is 4. The van der Waals surface area contributed by atoms with E-state index in [9.17, 15) is 4.79 Å². The summed E-state index contributed by atoms with van der Waals surface area (Å²) in [5.41, 5.74) is 6.79. The number of aryl methyl sites for hydroxylation is 2. The second-order valence-corrected chi connectivity index (χ2v) is 2.82. The highest BCUT2D eigenvalue weighted by atomic mass is 16.4. The third kappa shape index (κ3) is 2.22. The molecular weight excluding hydrogens is 170 g/mol. The molecule has 0 aromatic carbocycles. The Kier molecular flexibility index (Phi) is 2.57. The molecule has 13 heavy (non-hydrogen) atoms. The van der Waals surface area contributed by atoms with Crippen LogP contribution < -0.4 is 5.73 Å². The lowest BCUT2D eigenvalue weighted by molar-refractivity contribution is -0.138. The van der Waals surface area contributed by atoms with Crippen LogP contribution in [0.15, 0.2) is 6.07 Å². The Labute approximate surface area is 75.6 Å². The van der Waals surface area contributed by atoms with Crippen molar-refractivity contribution in [3.8, 4) is 0 Å². The van der Waals surface area contributed by atoms with Crippen molar-refractivity contribution in [2.75, 3.05) is 0 Å². The predicted molar refractivity (Wildman–Crippen MR) is 46.1 cm³/mol. The van der Waals surface area contributed by atoms with Gasteiger partial charge >= 0.3 is 5.97 Å². The Morgan fingerprint density at radius 2 is 1.92 bits per heavy atom. The van der Waals surface area contributed by atoms with Crippen LogP contribution in [0.1, 0.15) is 23.3 Å². The van der Waals surface area contributed by atoms with Crippen LogP contribution in [0.5, 0.6) is 0 Å². The van der Waals surface area contributed by atoms with Gasteiger partial charge in [0.1, 0.15) is 0 Å². The van der Waals surface area contributed by atoms with Crippen LogP contribution in [-0.4, -0.2) is 21.0 Å². The average molecular weight is 181 g/mol. The number of carbonyl (C=O) groups is 1. The summed E-state index contributed by atoms with van der Waals surface area (Å²) in [5, 5.41) is 8.61. The van der Waals surface area contributed by atoms with Crippen molar-refractivity contribution in [1.82, 2.24) is 9.97 Å². The number of carboxylic acid groups (broad SMARTS) is 1. The lowest BCUT2D eigenvalue weighted by atomic mass is 10.2. The SMILES string of the molecule is Cc1cc(C)nc([C@H](N)C(=O)O)n1. The van der Waals surface area contributed by atoms with Crippen molar-refractivity contribution >= 4 is 5.97 Å². The third-order valence-electron chi connectivity index (χ3n) is 1.54. The molecule has 0 spiro atoms. The second-order valence-electron chi connectivity index (χ2n) is 2.82. The monoisotopic (exact) mass is 181 g/mol. The van der Waals surface area contributed by atoms with Crippen molar-refractivity contribution in [1.29, 1.82) is 0 Å². The highest BCUT2D eigenvalue weighted by Crippen LogP contribution is 2.06. The number of aliphatic carboxylic acids is 1. The molecule has 0 fully saturated rings. The highest BCUT2D eigenvalue weighted by molar-refractivity contribution is 5.73. The first-order chi connectivity index (χ1) is 6.00. The summed E-state index contributed by atoms with van der Waals surface area (Å²) >= 11 is 0. The highest BCUT2D eigenvalue weighted by Gasteiger charge is 2.17. The molecule has 0 radical (unpaired) electrons. The van der Waals surface area contributed by atoms with Crippen LogP contribution >= 0.6 is 0 Å². The summed E-state index contributed by atoms with van der Waals surface area (Å²) in [6, 6.07) is 0.622. The molecule has 5 heteroatoms. The molecule has 0 aliphatic rings. The molecule has 0 saturated heterocycles. The van der Waals surface area contributed by atoms with E-state index < -0.39 is 12.0 Å². The molecule has 3 N–H and O–H groups in total. The van der Waals surface area contributed by atoms with Crippen LogP contribution in [0.4, 0.5) is 0 Å². The lowest BCUT2D eigenvalue weighted by Crippen LogP contribution is -2.23. The smallest absolute Gasteiger partial charge is 0.328 e. The van der Waals surface area contributed by atoms with E-state index in [2.05, 4.69) is 9.97 Å². The first kappa shape index (κ1) is 9.60. The fraction of sp³-hybridized carbons (Fsp3) is 0.375. The van der Waals surface area contributed by atoms with E-state index in [0.29, 0.717) is 0 Å². The van der Waals surface area contributed by atoms with Gasteiger partial charge in [-0.2, -0.15) is 0 Å². The van der Waals surface area contributed by atoms with Gasteiger partial charge in [0.15, 0.2) is 11.9 Å². The van der Waals surface area contributed by atoms with Gasteiger partial charge in [0.2, 0.25) is 0 Å². The fourth-order valence-electron chi connectivity index (χ4n) is 1.00. The van der Waals surface area contributed by atoms with Crippen molar-refractivity contribution in [3.05, 3.63) is 23.3 Å². The van der Waals surface area contributed by atoms with Crippen molar-refractivity contribution in [2.45, 2.75) is 19.9 Å². The molecule has 1 heterocycles. The van der Waals surface area contributed by atoms with Crippen LogP contribution in [0.25, 0.3) is 0 Å². The van der Waals surface area contributed by atoms with Gasteiger partial charge in [-0.05, 0) is 19.9 Å². The standard InChI is InChI=1S/C8H11N3O2/c1-4-3-5(2)11-7(10-4)6(9)8(12)13/h3,6H,9H2,1-2H3,(H,12,13)/t6-/m0/s1. The van der Waals surface area contributed by atoms with Crippen molar-refractivity contribution in [3.63, 3.8) is 0 Å². The van der Waals surface area contributed by atoms with E-state index in [1.165, 1.54) is 0 Å². The van der Waals surface area contributed by atoms with Gasteiger partial charge in [-0.25, -0.2) is 9.97 Å². The minimum Gasteiger partial charge on any atom is -0.480 e. The Morgan fingerprint density at radius 1 is 1.46 bits per heavy atom. The topological polar surface area (TPSA) is 89.1 Å². The Hall–Kier alpha value is -1.49. The fourth-order valence-corrected chi connectivity index (χ4v) is 1.00. The quantitative estimate of drug-likeness (QED) is 0.679. The molecule has 1 aromatic heterocycles. The van der Waals surface area contributed by atoms with Crippen LogP contribution in [0.3, 0.4) is 0 Å². The Bertz CT molecular complexity index is 318. The molecule has 0 unspecified atom stereocenters. The number of hydrogen-bond donors (Lipinski definition) is 2. The molecule has 1 rings (SSSR count). The van der Waals surface area contributed by atoms with Gasteiger partial charge < -0.3 is 10.8 Å². The molecule has 70 valence electrons. The zero-order chi connectivity index (χ0) is 10.0. The van der Waals surface area contributed by atoms with Crippen LogP contribution in [0, 0.1) is 13.8 Å². The number of nitrogens with zero attached hydrogens (tertiary/aromatic N) is 2. The number of nitrogens with two attached hydrogens (primary N) is 1.